The van der Waals surface area contributed by atoms with Crippen molar-refractivity contribution in [1.29, 1.82) is 0 Å². The number of benzene rings is 2. The Labute approximate surface area is 142 Å². The molecule has 122 valence electrons. The molecule has 23 heavy (non-hydrogen) atoms. The van der Waals surface area contributed by atoms with Gasteiger partial charge in [-0.25, -0.2) is 8.42 Å². The highest BCUT2D eigenvalue weighted by molar-refractivity contribution is 7.92. The number of halogens is 1. The Kier molecular flexibility index (Phi) is 5.05. The van der Waals surface area contributed by atoms with Crippen LogP contribution >= 0.6 is 11.6 Å². The molecular weight excluding hydrogens is 330 g/mol. The molecule has 0 bridgehead atoms. The van der Waals surface area contributed by atoms with E-state index in [-0.39, 0.29) is 10.1 Å². The minimum absolute atomic E-state index is 0.261. The molecule has 1 atom stereocenters. The summed E-state index contributed by atoms with van der Waals surface area (Å²) in [7, 11) is -3.36. The average molecular weight is 350 g/mol. The molecule has 1 aliphatic heterocycles. The third-order valence-corrected chi connectivity index (χ3v) is 7.04. The molecule has 0 saturated carbocycles. The summed E-state index contributed by atoms with van der Waals surface area (Å²) < 4.78 is 25.5. The summed E-state index contributed by atoms with van der Waals surface area (Å²) in [6.07, 6.45) is 1.61. The molecule has 1 saturated heterocycles. The molecule has 0 amide bonds. The molecule has 3 nitrogen and oxygen atoms in total. The SMILES string of the molecule is O=S(=O)(c1ccccc1Cl)[C@@H]1CCN(CCc2ccccc2)C1. The van der Waals surface area contributed by atoms with Crippen molar-refractivity contribution >= 4 is 21.4 Å². The molecular formula is C18H20ClNO2S. The second-order valence-corrected chi connectivity index (χ2v) is 8.53. The lowest BCUT2D eigenvalue weighted by Gasteiger charge is -2.16. The molecule has 2 aromatic carbocycles. The van der Waals surface area contributed by atoms with E-state index >= 15 is 0 Å². The third kappa shape index (κ3) is 3.77. The lowest BCUT2D eigenvalue weighted by molar-refractivity contribution is 0.343. The second-order valence-electron chi connectivity index (χ2n) is 5.92. The summed E-state index contributed by atoms with van der Waals surface area (Å²) in [6, 6.07) is 17.0. The number of rotatable bonds is 5. The molecule has 0 aromatic heterocycles. The Bertz CT molecular complexity index is 762. The number of sulfone groups is 1. The fraction of sp³-hybridized carbons (Fsp3) is 0.333. The fourth-order valence-electron chi connectivity index (χ4n) is 3.04. The number of hydrogen-bond donors (Lipinski definition) is 0. The highest BCUT2D eigenvalue weighted by atomic mass is 35.5. The van der Waals surface area contributed by atoms with E-state index in [4.69, 9.17) is 11.6 Å². The monoisotopic (exact) mass is 349 g/mol. The molecule has 2 aromatic rings. The van der Waals surface area contributed by atoms with Crippen molar-refractivity contribution in [3.63, 3.8) is 0 Å². The van der Waals surface area contributed by atoms with Crippen LogP contribution in [0.5, 0.6) is 0 Å². The van der Waals surface area contributed by atoms with Gasteiger partial charge in [0.1, 0.15) is 0 Å². The molecule has 1 fully saturated rings. The van der Waals surface area contributed by atoms with Crippen LogP contribution in [0.2, 0.25) is 5.02 Å². The highest BCUT2D eigenvalue weighted by Gasteiger charge is 2.34. The summed E-state index contributed by atoms with van der Waals surface area (Å²) in [5.74, 6) is 0. The van der Waals surface area contributed by atoms with Crippen molar-refractivity contribution < 1.29 is 8.42 Å². The first-order valence-electron chi connectivity index (χ1n) is 7.82. The zero-order chi connectivity index (χ0) is 16.3. The lowest BCUT2D eigenvalue weighted by Crippen LogP contribution is -2.28. The van der Waals surface area contributed by atoms with E-state index < -0.39 is 9.84 Å². The minimum Gasteiger partial charge on any atom is -0.302 e. The minimum atomic E-state index is -3.36. The van der Waals surface area contributed by atoms with E-state index in [9.17, 15) is 8.42 Å². The van der Waals surface area contributed by atoms with Crippen LogP contribution in [0.3, 0.4) is 0 Å². The van der Waals surface area contributed by atoms with Gasteiger partial charge in [-0.05, 0) is 37.1 Å². The Morgan fingerprint density at radius 1 is 1.04 bits per heavy atom. The maximum absolute atomic E-state index is 12.8. The van der Waals surface area contributed by atoms with E-state index in [0.29, 0.717) is 18.0 Å². The van der Waals surface area contributed by atoms with Crippen LogP contribution in [-0.4, -0.2) is 38.2 Å². The molecule has 0 aliphatic carbocycles. The largest absolute Gasteiger partial charge is 0.302 e. The number of hydrogen-bond acceptors (Lipinski definition) is 3. The quantitative estimate of drug-likeness (QED) is 0.830. The lowest BCUT2D eigenvalue weighted by atomic mass is 10.1. The standard InChI is InChI=1S/C18H20ClNO2S/c19-17-8-4-5-9-18(17)23(21,22)16-11-13-20(14-16)12-10-15-6-2-1-3-7-15/h1-9,16H,10-14H2/t16-/m1/s1. The molecule has 5 heteroatoms. The Morgan fingerprint density at radius 3 is 2.48 bits per heavy atom. The van der Waals surface area contributed by atoms with E-state index in [1.807, 2.05) is 18.2 Å². The van der Waals surface area contributed by atoms with Crippen molar-refractivity contribution in [1.82, 2.24) is 4.90 Å². The topological polar surface area (TPSA) is 37.4 Å². The zero-order valence-electron chi connectivity index (χ0n) is 12.9. The summed E-state index contributed by atoms with van der Waals surface area (Å²) in [4.78, 5) is 2.49. The smallest absolute Gasteiger partial charge is 0.184 e. The first-order valence-corrected chi connectivity index (χ1v) is 9.74. The van der Waals surface area contributed by atoms with Gasteiger partial charge >= 0.3 is 0 Å². The van der Waals surface area contributed by atoms with Gasteiger partial charge in [0.25, 0.3) is 0 Å². The normalized spacial score (nSPS) is 19.1. The number of nitrogens with zero attached hydrogens (tertiary/aromatic N) is 1. The van der Waals surface area contributed by atoms with Gasteiger partial charge in [0.2, 0.25) is 0 Å². The van der Waals surface area contributed by atoms with Crippen molar-refractivity contribution in [3.8, 4) is 0 Å². The van der Waals surface area contributed by atoms with E-state index in [0.717, 1.165) is 19.5 Å². The van der Waals surface area contributed by atoms with Crippen LogP contribution < -0.4 is 0 Å². The predicted octanol–water partition coefficient (Wildman–Crippen LogP) is 3.43. The van der Waals surface area contributed by atoms with Crippen LogP contribution in [0, 0.1) is 0 Å². The van der Waals surface area contributed by atoms with Crippen LogP contribution in [0.25, 0.3) is 0 Å². The number of likely N-dealkylation sites (tertiary alicyclic amines) is 1. The van der Waals surface area contributed by atoms with Gasteiger partial charge in [0, 0.05) is 13.1 Å². The summed E-state index contributed by atoms with van der Waals surface area (Å²) in [5, 5.41) is -0.0478. The van der Waals surface area contributed by atoms with Crippen LogP contribution in [0.15, 0.2) is 59.5 Å². The Morgan fingerprint density at radius 2 is 1.74 bits per heavy atom. The van der Waals surface area contributed by atoms with E-state index in [1.165, 1.54) is 5.56 Å². The Hall–Kier alpha value is -1.36. The van der Waals surface area contributed by atoms with Crippen molar-refractivity contribution in [2.45, 2.75) is 23.0 Å². The second kappa shape index (κ2) is 7.04. The first-order chi connectivity index (χ1) is 11.1. The molecule has 0 N–H and O–H groups in total. The summed E-state index contributed by atoms with van der Waals surface area (Å²) in [6.45, 7) is 2.29. The van der Waals surface area contributed by atoms with Gasteiger partial charge < -0.3 is 4.90 Å². The average Bonchev–Trinajstić information content (AvgIpc) is 3.04. The predicted molar refractivity (Wildman–Crippen MR) is 93.6 cm³/mol. The molecule has 1 aliphatic rings. The molecule has 0 unspecified atom stereocenters. The first kappa shape index (κ1) is 16.5. The van der Waals surface area contributed by atoms with Crippen molar-refractivity contribution in [2.75, 3.05) is 19.6 Å². The maximum Gasteiger partial charge on any atom is 0.184 e. The molecule has 3 rings (SSSR count). The van der Waals surface area contributed by atoms with Gasteiger partial charge in [-0.3, -0.25) is 0 Å². The van der Waals surface area contributed by atoms with E-state index in [1.54, 1.807) is 24.3 Å². The van der Waals surface area contributed by atoms with Crippen molar-refractivity contribution in [3.05, 3.63) is 65.2 Å². The van der Waals surface area contributed by atoms with Gasteiger partial charge in [-0.2, -0.15) is 0 Å². The summed E-state index contributed by atoms with van der Waals surface area (Å²) >= 11 is 6.07. The Balaban J connectivity index is 1.64. The highest BCUT2D eigenvalue weighted by Crippen LogP contribution is 2.28. The van der Waals surface area contributed by atoms with Crippen molar-refractivity contribution in [2.24, 2.45) is 0 Å². The van der Waals surface area contributed by atoms with Crippen LogP contribution in [0.1, 0.15) is 12.0 Å². The van der Waals surface area contributed by atoms with Gasteiger partial charge in [0.15, 0.2) is 9.84 Å². The van der Waals surface area contributed by atoms with E-state index in [2.05, 4.69) is 17.0 Å². The molecule has 1 heterocycles. The summed E-state index contributed by atoms with van der Waals surface area (Å²) in [5.41, 5.74) is 1.28. The van der Waals surface area contributed by atoms with Crippen LogP contribution in [0.4, 0.5) is 0 Å². The van der Waals surface area contributed by atoms with Gasteiger partial charge in [0.05, 0.1) is 15.2 Å². The van der Waals surface area contributed by atoms with Crippen LogP contribution in [-0.2, 0) is 16.3 Å². The zero-order valence-corrected chi connectivity index (χ0v) is 14.4. The molecule has 0 spiro atoms. The molecule has 0 radical (unpaired) electrons. The van der Waals surface area contributed by atoms with Gasteiger partial charge in [-0.1, -0.05) is 54.1 Å². The maximum atomic E-state index is 12.8. The third-order valence-electron chi connectivity index (χ3n) is 4.37. The fourth-order valence-corrected chi connectivity index (χ4v) is 5.29. The van der Waals surface area contributed by atoms with Gasteiger partial charge in [-0.15, -0.1) is 0 Å².